The Morgan fingerprint density at radius 2 is 1.70 bits per heavy atom. The number of carbonyl (C=O) groups is 2. The van der Waals surface area contributed by atoms with Crippen LogP contribution in [0.1, 0.15) is 50.2 Å². The first kappa shape index (κ1) is 23.7. The van der Waals surface area contributed by atoms with Crippen molar-refractivity contribution in [3.63, 3.8) is 0 Å². The molecular formula is C30H32N4O3. The van der Waals surface area contributed by atoms with E-state index in [1.165, 1.54) is 11.1 Å². The maximum absolute atomic E-state index is 13.6. The lowest BCUT2D eigenvalue weighted by Gasteiger charge is -2.37. The molecule has 0 unspecified atom stereocenters. The third-order valence-electron chi connectivity index (χ3n) is 8.40. The summed E-state index contributed by atoms with van der Waals surface area (Å²) in [6.45, 7) is 5.51. The largest absolute Gasteiger partial charge is 0.492 e. The van der Waals surface area contributed by atoms with Gasteiger partial charge in [0.05, 0.1) is 6.61 Å². The average molecular weight is 497 g/mol. The summed E-state index contributed by atoms with van der Waals surface area (Å²) < 4.78 is 6.17. The van der Waals surface area contributed by atoms with Gasteiger partial charge in [0, 0.05) is 34.3 Å². The Morgan fingerprint density at radius 1 is 0.973 bits per heavy atom. The molecule has 3 aliphatic heterocycles. The summed E-state index contributed by atoms with van der Waals surface area (Å²) in [5.41, 5.74) is 9.87. The van der Waals surface area contributed by atoms with Crippen molar-refractivity contribution in [3.05, 3.63) is 82.4 Å². The highest BCUT2D eigenvalue weighted by Gasteiger charge is 2.44. The Labute approximate surface area is 217 Å². The summed E-state index contributed by atoms with van der Waals surface area (Å²) in [4.78, 5) is 29.7. The number of piperidine rings is 1. The molecule has 3 aromatic rings. The number of benzene rings is 3. The molecule has 0 aliphatic carbocycles. The number of nitrogens with two attached hydrogens (primary N) is 1. The van der Waals surface area contributed by atoms with Gasteiger partial charge in [-0.15, -0.1) is 0 Å². The quantitative estimate of drug-likeness (QED) is 0.327. The number of anilines is 1. The van der Waals surface area contributed by atoms with E-state index in [4.69, 9.17) is 10.6 Å². The van der Waals surface area contributed by atoms with E-state index in [1.807, 2.05) is 48.2 Å². The Balaban J connectivity index is 1.25. The molecule has 3 N–H and O–H groups in total. The van der Waals surface area contributed by atoms with Crippen molar-refractivity contribution in [1.82, 2.24) is 10.3 Å². The highest BCUT2D eigenvalue weighted by atomic mass is 16.5. The van der Waals surface area contributed by atoms with Crippen LogP contribution in [0.5, 0.6) is 5.75 Å². The lowest BCUT2D eigenvalue weighted by Crippen LogP contribution is -2.42. The Hall–Kier alpha value is -3.68. The summed E-state index contributed by atoms with van der Waals surface area (Å²) in [6, 6.07) is 17.6. The molecular weight excluding hydrogens is 464 g/mol. The summed E-state index contributed by atoms with van der Waals surface area (Å²) in [7, 11) is 2.18. The van der Waals surface area contributed by atoms with Crippen molar-refractivity contribution in [3.8, 4) is 16.9 Å². The molecule has 1 fully saturated rings. The second kappa shape index (κ2) is 9.01. The predicted molar refractivity (Wildman–Crippen MR) is 144 cm³/mol. The number of fused-ring (bicyclic) bond motifs is 3. The molecule has 7 nitrogen and oxygen atoms in total. The zero-order valence-electron chi connectivity index (χ0n) is 21.3. The molecule has 0 aromatic heterocycles. The van der Waals surface area contributed by atoms with Gasteiger partial charge in [-0.25, -0.2) is 5.84 Å². The molecule has 2 amide bonds. The van der Waals surface area contributed by atoms with Crippen LogP contribution in [0.3, 0.4) is 0 Å². The lowest BCUT2D eigenvalue weighted by molar-refractivity contribution is 0.0952. The molecule has 3 heterocycles. The first-order valence-electron chi connectivity index (χ1n) is 12.9. The highest BCUT2D eigenvalue weighted by Crippen LogP contribution is 2.49. The summed E-state index contributed by atoms with van der Waals surface area (Å²) in [5, 5.41) is 0. The van der Waals surface area contributed by atoms with E-state index in [9.17, 15) is 9.59 Å². The number of nitrogens with one attached hydrogen (secondary N) is 1. The van der Waals surface area contributed by atoms with Crippen molar-refractivity contribution in [2.75, 3.05) is 38.2 Å². The fourth-order valence-electron chi connectivity index (χ4n) is 6.07. The van der Waals surface area contributed by atoms with Crippen molar-refractivity contribution in [2.24, 2.45) is 5.84 Å². The van der Waals surface area contributed by atoms with Gasteiger partial charge in [0.1, 0.15) is 5.75 Å². The van der Waals surface area contributed by atoms with Crippen LogP contribution in [0.4, 0.5) is 5.69 Å². The van der Waals surface area contributed by atoms with Crippen LogP contribution < -0.4 is 20.9 Å². The minimum absolute atomic E-state index is 0.0216. The van der Waals surface area contributed by atoms with Gasteiger partial charge in [0.25, 0.3) is 11.8 Å². The molecule has 6 rings (SSSR count). The molecule has 1 spiro atoms. The van der Waals surface area contributed by atoms with Gasteiger partial charge in [-0.3, -0.25) is 15.0 Å². The number of likely N-dealkylation sites (tertiary alicyclic amines) is 1. The third-order valence-corrected chi connectivity index (χ3v) is 8.40. The van der Waals surface area contributed by atoms with Crippen molar-refractivity contribution < 1.29 is 14.3 Å². The summed E-state index contributed by atoms with van der Waals surface area (Å²) in [5.74, 6) is 5.96. The summed E-state index contributed by atoms with van der Waals surface area (Å²) in [6.07, 6.45) is 3.01. The van der Waals surface area contributed by atoms with E-state index >= 15 is 0 Å². The first-order chi connectivity index (χ1) is 17.9. The van der Waals surface area contributed by atoms with Crippen molar-refractivity contribution in [2.45, 2.75) is 31.6 Å². The first-order valence-corrected chi connectivity index (χ1v) is 12.9. The van der Waals surface area contributed by atoms with E-state index < -0.39 is 0 Å². The molecule has 3 aromatic carbocycles. The van der Waals surface area contributed by atoms with Crippen LogP contribution in [-0.4, -0.2) is 50.0 Å². The van der Waals surface area contributed by atoms with E-state index in [1.54, 1.807) is 6.07 Å². The SMILES string of the molecule is Cc1cc(C(=O)NN)ccc1-c1ccc(C(=O)N2CCc3cc4c(cc32)C2(CCN(C)CC2)CO4)cc1. The van der Waals surface area contributed by atoms with Crippen molar-refractivity contribution in [1.29, 1.82) is 0 Å². The molecule has 7 heteroatoms. The van der Waals surface area contributed by atoms with Crippen LogP contribution in [-0.2, 0) is 11.8 Å². The zero-order valence-corrected chi connectivity index (χ0v) is 21.3. The van der Waals surface area contributed by atoms with E-state index in [-0.39, 0.29) is 17.2 Å². The maximum Gasteiger partial charge on any atom is 0.265 e. The zero-order chi connectivity index (χ0) is 25.7. The fourth-order valence-corrected chi connectivity index (χ4v) is 6.07. The summed E-state index contributed by atoms with van der Waals surface area (Å²) >= 11 is 0. The highest BCUT2D eigenvalue weighted by molar-refractivity contribution is 6.07. The molecule has 0 radical (unpaired) electrons. The molecule has 0 saturated carbocycles. The second-order valence-corrected chi connectivity index (χ2v) is 10.6. The van der Waals surface area contributed by atoms with Crippen LogP contribution in [0.2, 0.25) is 0 Å². The van der Waals surface area contributed by atoms with Crippen LogP contribution in [0.15, 0.2) is 54.6 Å². The minimum atomic E-state index is -0.319. The average Bonchev–Trinajstić information content (AvgIpc) is 3.49. The second-order valence-electron chi connectivity index (χ2n) is 10.6. The van der Waals surface area contributed by atoms with Gasteiger partial charge >= 0.3 is 0 Å². The van der Waals surface area contributed by atoms with Crippen LogP contribution >= 0.6 is 0 Å². The third kappa shape index (κ3) is 3.99. The van der Waals surface area contributed by atoms with Gasteiger partial charge in [0.2, 0.25) is 0 Å². The standard InChI is InChI=1S/C30H32N4O3/c1-19-15-23(28(35)32-31)7-8-24(19)20-3-5-21(6-4-20)29(36)34-12-9-22-16-27-25(17-26(22)34)30(18-37-27)10-13-33(2)14-11-30/h3-8,15-17H,9-14,18,31H2,1-2H3,(H,32,35). The molecule has 37 heavy (non-hydrogen) atoms. The Kier molecular flexibility index (Phi) is 5.77. The van der Waals surface area contributed by atoms with Crippen LogP contribution in [0.25, 0.3) is 11.1 Å². The smallest absolute Gasteiger partial charge is 0.265 e. The monoisotopic (exact) mass is 496 g/mol. The normalized spacial score (nSPS) is 17.9. The number of hydrogen-bond donors (Lipinski definition) is 2. The number of rotatable bonds is 3. The lowest BCUT2D eigenvalue weighted by atomic mass is 9.74. The molecule has 1 saturated heterocycles. The number of nitrogen functional groups attached to an aromatic ring is 1. The van der Waals surface area contributed by atoms with Crippen LogP contribution in [0, 0.1) is 6.92 Å². The Morgan fingerprint density at radius 3 is 2.41 bits per heavy atom. The number of hydrazine groups is 1. The number of ether oxygens (including phenoxy) is 1. The topological polar surface area (TPSA) is 87.9 Å². The number of hydrogen-bond acceptors (Lipinski definition) is 5. The van der Waals surface area contributed by atoms with Gasteiger partial charge in [-0.2, -0.15) is 0 Å². The number of aryl methyl sites for hydroxylation is 1. The van der Waals surface area contributed by atoms with E-state index in [2.05, 4.69) is 29.5 Å². The number of amides is 2. The van der Waals surface area contributed by atoms with Gasteiger partial charge in [-0.1, -0.05) is 18.2 Å². The van der Waals surface area contributed by atoms with Gasteiger partial charge in [-0.05, 0) is 105 Å². The van der Waals surface area contributed by atoms with E-state index in [0.717, 1.165) is 67.1 Å². The predicted octanol–water partition coefficient (Wildman–Crippen LogP) is 3.82. The molecule has 3 aliphatic rings. The molecule has 190 valence electrons. The maximum atomic E-state index is 13.6. The Bertz CT molecular complexity index is 1390. The number of carbonyl (C=O) groups excluding carboxylic acids is 2. The fraction of sp³-hybridized carbons (Fsp3) is 0.333. The number of nitrogens with zero attached hydrogens (tertiary/aromatic N) is 2. The van der Waals surface area contributed by atoms with Gasteiger partial charge < -0.3 is 14.5 Å². The van der Waals surface area contributed by atoms with Crippen molar-refractivity contribution >= 4 is 17.5 Å². The van der Waals surface area contributed by atoms with E-state index in [0.29, 0.717) is 17.7 Å². The van der Waals surface area contributed by atoms with Gasteiger partial charge in [0.15, 0.2) is 0 Å². The molecule has 0 atom stereocenters. The minimum Gasteiger partial charge on any atom is -0.492 e. The molecule has 0 bridgehead atoms.